The summed E-state index contributed by atoms with van der Waals surface area (Å²) in [6.07, 6.45) is 1.22. The van der Waals surface area contributed by atoms with Gasteiger partial charge in [-0.3, -0.25) is 24.1 Å². The summed E-state index contributed by atoms with van der Waals surface area (Å²) in [5.74, 6) is -0.681. The number of piperidine rings is 1. The average Bonchev–Trinajstić information content (AvgIpc) is 3.05. The van der Waals surface area contributed by atoms with E-state index in [-0.39, 0.29) is 55.5 Å². The number of imide groups is 1. The van der Waals surface area contributed by atoms with Crippen molar-refractivity contribution in [3.05, 3.63) is 35.4 Å². The summed E-state index contributed by atoms with van der Waals surface area (Å²) in [6, 6.07) is 6.68. The van der Waals surface area contributed by atoms with Crippen molar-refractivity contribution in [1.82, 2.24) is 20.4 Å². The van der Waals surface area contributed by atoms with E-state index in [0.717, 1.165) is 17.7 Å². The van der Waals surface area contributed by atoms with Gasteiger partial charge in [0, 0.05) is 45.6 Å². The summed E-state index contributed by atoms with van der Waals surface area (Å²) < 4.78 is 5.13. The number of alkyl carbamates (subject to hydrolysis) is 1. The third-order valence-electron chi connectivity index (χ3n) is 6.00. The van der Waals surface area contributed by atoms with Crippen LogP contribution >= 0.6 is 0 Å². The molecule has 35 heavy (non-hydrogen) atoms. The molecule has 0 saturated carbocycles. The molecule has 1 fully saturated rings. The molecule has 0 spiro atoms. The second-order valence-corrected chi connectivity index (χ2v) is 9.86. The SMILES string of the molecule is CC(C)(C)OC(=O)NCCC(=O)NCC1CCN(C(=O)CCN2C(=O)c3ccccc3C2=O)CC1. The van der Waals surface area contributed by atoms with Crippen LogP contribution in [-0.2, 0) is 14.3 Å². The first-order chi connectivity index (χ1) is 16.5. The monoisotopic (exact) mass is 486 g/mol. The van der Waals surface area contributed by atoms with E-state index in [9.17, 15) is 24.0 Å². The molecule has 3 rings (SSSR count). The number of fused-ring (bicyclic) bond motifs is 1. The van der Waals surface area contributed by atoms with Gasteiger partial charge in [-0.05, 0) is 51.7 Å². The summed E-state index contributed by atoms with van der Waals surface area (Å²) in [7, 11) is 0. The maximum Gasteiger partial charge on any atom is 0.407 e. The summed E-state index contributed by atoms with van der Waals surface area (Å²) in [6.45, 7) is 7.23. The fourth-order valence-corrected chi connectivity index (χ4v) is 4.13. The molecular formula is C25H34N4O6. The number of benzene rings is 1. The molecule has 0 aliphatic carbocycles. The highest BCUT2D eigenvalue weighted by molar-refractivity contribution is 6.21. The number of carbonyl (C=O) groups excluding carboxylic acids is 5. The maximum absolute atomic E-state index is 12.6. The first-order valence-corrected chi connectivity index (χ1v) is 12.0. The number of ether oxygens (including phenoxy) is 1. The second kappa shape index (κ2) is 11.3. The first-order valence-electron chi connectivity index (χ1n) is 12.0. The Kier molecular flexibility index (Phi) is 8.48. The molecule has 1 saturated heterocycles. The van der Waals surface area contributed by atoms with E-state index >= 15 is 0 Å². The van der Waals surface area contributed by atoms with E-state index < -0.39 is 11.7 Å². The zero-order valence-corrected chi connectivity index (χ0v) is 20.6. The quantitative estimate of drug-likeness (QED) is 0.541. The van der Waals surface area contributed by atoms with Crippen molar-refractivity contribution in [3.63, 3.8) is 0 Å². The van der Waals surface area contributed by atoms with Crippen molar-refractivity contribution >= 4 is 29.7 Å². The van der Waals surface area contributed by atoms with E-state index in [1.807, 2.05) is 0 Å². The lowest BCUT2D eigenvalue weighted by atomic mass is 9.96. The number of amides is 5. The second-order valence-electron chi connectivity index (χ2n) is 9.86. The van der Waals surface area contributed by atoms with Crippen molar-refractivity contribution in [1.29, 1.82) is 0 Å². The van der Waals surface area contributed by atoms with Crippen molar-refractivity contribution < 1.29 is 28.7 Å². The molecular weight excluding hydrogens is 452 g/mol. The van der Waals surface area contributed by atoms with Crippen molar-refractivity contribution in [2.75, 3.05) is 32.7 Å². The number of rotatable bonds is 8. The van der Waals surface area contributed by atoms with Gasteiger partial charge < -0.3 is 20.3 Å². The number of hydrogen-bond donors (Lipinski definition) is 2. The van der Waals surface area contributed by atoms with Crippen LogP contribution in [-0.4, -0.2) is 77.8 Å². The summed E-state index contributed by atoms with van der Waals surface area (Å²) in [4.78, 5) is 64.1. The Morgan fingerprint density at radius 3 is 2.14 bits per heavy atom. The molecule has 0 unspecified atom stereocenters. The van der Waals surface area contributed by atoms with Crippen LogP contribution in [0.25, 0.3) is 0 Å². The highest BCUT2D eigenvalue weighted by Crippen LogP contribution is 2.23. The Morgan fingerprint density at radius 2 is 1.57 bits per heavy atom. The molecule has 2 heterocycles. The molecule has 2 N–H and O–H groups in total. The minimum absolute atomic E-state index is 0.0680. The molecule has 1 aromatic carbocycles. The molecule has 0 radical (unpaired) electrons. The van der Waals surface area contributed by atoms with Crippen LogP contribution in [0.15, 0.2) is 24.3 Å². The minimum atomic E-state index is -0.586. The van der Waals surface area contributed by atoms with Crippen molar-refractivity contribution in [3.8, 4) is 0 Å². The summed E-state index contributed by atoms with van der Waals surface area (Å²) in [5, 5.41) is 5.44. The van der Waals surface area contributed by atoms with E-state index in [1.165, 1.54) is 0 Å². The third-order valence-corrected chi connectivity index (χ3v) is 6.00. The Balaban J connectivity index is 1.31. The van der Waals surface area contributed by atoms with Crippen LogP contribution in [0, 0.1) is 5.92 Å². The molecule has 10 nitrogen and oxygen atoms in total. The molecule has 0 aromatic heterocycles. The van der Waals surface area contributed by atoms with Crippen LogP contribution < -0.4 is 10.6 Å². The van der Waals surface area contributed by atoms with Gasteiger partial charge in [0.05, 0.1) is 11.1 Å². The van der Waals surface area contributed by atoms with E-state index in [2.05, 4.69) is 10.6 Å². The predicted molar refractivity (Wildman–Crippen MR) is 128 cm³/mol. The molecule has 2 aliphatic heterocycles. The van der Waals surface area contributed by atoms with Crippen molar-refractivity contribution in [2.24, 2.45) is 5.92 Å². The molecule has 190 valence electrons. The number of nitrogens with zero attached hydrogens (tertiary/aromatic N) is 2. The van der Waals surface area contributed by atoms with Gasteiger partial charge in [-0.15, -0.1) is 0 Å². The molecule has 1 aromatic rings. The highest BCUT2D eigenvalue weighted by atomic mass is 16.6. The van der Waals surface area contributed by atoms with Gasteiger partial charge >= 0.3 is 6.09 Å². The van der Waals surface area contributed by atoms with Gasteiger partial charge in [-0.2, -0.15) is 0 Å². The normalized spacial score (nSPS) is 16.2. The van der Waals surface area contributed by atoms with Crippen LogP contribution in [0.3, 0.4) is 0 Å². The predicted octanol–water partition coefficient (Wildman–Crippen LogP) is 1.94. The summed E-state index contributed by atoms with van der Waals surface area (Å²) >= 11 is 0. The minimum Gasteiger partial charge on any atom is -0.444 e. The average molecular weight is 487 g/mol. The lowest BCUT2D eigenvalue weighted by Gasteiger charge is -2.32. The fraction of sp³-hybridized carbons (Fsp3) is 0.560. The zero-order valence-electron chi connectivity index (χ0n) is 20.6. The summed E-state index contributed by atoms with van der Waals surface area (Å²) in [5.41, 5.74) is 0.180. The van der Waals surface area contributed by atoms with Crippen LogP contribution in [0.2, 0.25) is 0 Å². The maximum atomic E-state index is 12.6. The van der Waals surface area contributed by atoms with Gasteiger partial charge in [0.2, 0.25) is 11.8 Å². The highest BCUT2D eigenvalue weighted by Gasteiger charge is 2.35. The largest absolute Gasteiger partial charge is 0.444 e. The third kappa shape index (κ3) is 7.27. The van der Waals surface area contributed by atoms with Crippen LogP contribution in [0.5, 0.6) is 0 Å². The van der Waals surface area contributed by atoms with Gasteiger partial charge in [-0.25, -0.2) is 4.79 Å². The van der Waals surface area contributed by atoms with Crippen LogP contribution in [0.4, 0.5) is 4.79 Å². The Labute approximate surface area is 205 Å². The smallest absolute Gasteiger partial charge is 0.407 e. The molecule has 0 atom stereocenters. The molecule has 0 bridgehead atoms. The topological polar surface area (TPSA) is 125 Å². The number of hydrogen-bond acceptors (Lipinski definition) is 6. The number of carbonyl (C=O) groups is 5. The van der Waals surface area contributed by atoms with Crippen molar-refractivity contribution in [2.45, 2.75) is 52.1 Å². The van der Waals surface area contributed by atoms with Gasteiger partial charge in [0.1, 0.15) is 5.60 Å². The van der Waals surface area contributed by atoms with E-state index in [0.29, 0.717) is 30.8 Å². The lowest BCUT2D eigenvalue weighted by Crippen LogP contribution is -2.43. The molecule has 10 heteroatoms. The van der Waals surface area contributed by atoms with E-state index in [1.54, 1.807) is 49.9 Å². The standard InChI is InChI=1S/C25H34N4O6/c1-25(2,3)35-24(34)26-12-8-20(30)27-16-17-9-13-28(14-10-17)21(31)11-15-29-22(32)18-6-4-5-7-19(18)23(29)33/h4-7,17H,8-16H2,1-3H3,(H,26,34)(H,27,30). The Morgan fingerprint density at radius 1 is 0.971 bits per heavy atom. The molecule has 5 amide bonds. The fourth-order valence-electron chi connectivity index (χ4n) is 4.13. The molecule has 2 aliphatic rings. The lowest BCUT2D eigenvalue weighted by molar-refractivity contribution is -0.133. The Bertz CT molecular complexity index is 943. The van der Waals surface area contributed by atoms with E-state index in [4.69, 9.17) is 4.74 Å². The van der Waals surface area contributed by atoms with Gasteiger partial charge in [0.25, 0.3) is 11.8 Å². The number of likely N-dealkylation sites (tertiary alicyclic amines) is 1. The Hall–Kier alpha value is -3.43. The van der Waals surface area contributed by atoms with Gasteiger partial charge in [0.15, 0.2) is 0 Å². The first kappa shape index (κ1) is 26.2. The van der Waals surface area contributed by atoms with Gasteiger partial charge in [-0.1, -0.05) is 12.1 Å². The number of nitrogens with one attached hydrogen (secondary N) is 2. The zero-order chi connectivity index (χ0) is 25.6. The van der Waals surface area contributed by atoms with Crippen LogP contribution in [0.1, 0.15) is 67.2 Å².